The summed E-state index contributed by atoms with van der Waals surface area (Å²) in [6.45, 7) is 4.59. The minimum absolute atomic E-state index is 0.0157. The normalized spacial score (nSPS) is 15.8. The summed E-state index contributed by atoms with van der Waals surface area (Å²) in [6, 6.07) is 8.24. The molecular formula is C15H24BrN3O. The van der Waals surface area contributed by atoms with E-state index in [9.17, 15) is 4.79 Å². The predicted molar refractivity (Wildman–Crippen MR) is 86.4 cm³/mol. The van der Waals surface area contributed by atoms with Gasteiger partial charge in [-0.2, -0.15) is 0 Å². The van der Waals surface area contributed by atoms with Gasteiger partial charge in [-0.15, -0.1) is 0 Å². The number of hydrogen-bond donors (Lipinski definition) is 2. The average molecular weight is 342 g/mol. The number of amides is 1. The lowest BCUT2D eigenvalue weighted by atomic mass is 9.98. The van der Waals surface area contributed by atoms with Crippen LogP contribution in [0.1, 0.15) is 25.5 Å². The number of carbonyl (C=O) groups is 1. The van der Waals surface area contributed by atoms with E-state index >= 15 is 0 Å². The molecule has 0 fully saturated rings. The van der Waals surface area contributed by atoms with E-state index in [1.807, 2.05) is 33.0 Å². The van der Waals surface area contributed by atoms with Crippen LogP contribution in [0.4, 0.5) is 0 Å². The highest BCUT2D eigenvalue weighted by Crippen LogP contribution is 2.24. The molecule has 1 amide bonds. The lowest BCUT2D eigenvalue weighted by Gasteiger charge is -2.33. The van der Waals surface area contributed by atoms with Crippen molar-refractivity contribution in [3.63, 3.8) is 0 Å². The molecule has 1 aromatic carbocycles. The van der Waals surface area contributed by atoms with Gasteiger partial charge < -0.3 is 11.1 Å². The Kier molecular flexibility index (Phi) is 6.65. The maximum Gasteiger partial charge on any atom is 0.223 e. The van der Waals surface area contributed by atoms with E-state index in [4.69, 9.17) is 5.73 Å². The summed E-state index contributed by atoms with van der Waals surface area (Å²) in [7, 11) is 3.67. The molecule has 3 N–H and O–H groups in total. The first-order chi connectivity index (χ1) is 9.36. The van der Waals surface area contributed by atoms with Gasteiger partial charge in [0.15, 0.2) is 0 Å². The molecule has 0 spiro atoms. The van der Waals surface area contributed by atoms with Gasteiger partial charge in [-0.05, 0) is 31.7 Å². The highest BCUT2D eigenvalue weighted by molar-refractivity contribution is 9.10. The van der Waals surface area contributed by atoms with Crippen LogP contribution in [0.15, 0.2) is 28.7 Å². The molecule has 3 unspecified atom stereocenters. The second-order valence-corrected chi connectivity index (χ2v) is 6.23. The van der Waals surface area contributed by atoms with Gasteiger partial charge in [-0.3, -0.25) is 9.69 Å². The summed E-state index contributed by atoms with van der Waals surface area (Å²) in [5.74, 6) is -0.0159. The van der Waals surface area contributed by atoms with Crippen LogP contribution in [0.3, 0.4) is 0 Å². The summed E-state index contributed by atoms with van der Waals surface area (Å²) in [5.41, 5.74) is 7.30. The van der Waals surface area contributed by atoms with Crippen LogP contribution >= 0.6 is 15.9 Å². The minimum atomic E-state index is -0.0679. The molecule has 0 aromatic heterocycles. The second kappa shape index (κ2) is 7.76. The van der Waals surface area contributed by atoms with Crippen LogP contribution in [0.2, 0.25) is 0 Å². The summed E-state index contributed by atoms with van der Waals surface area (Å²) in [6.07, 6.45) is 0. The molecular weight excluding hydrogens is 318 g/mol. The quantitative estimate of drug-likeness (QED) is 0.833. The molecule has 3 atom stereocenters. The summed E-state index contributed by atoms with van der Waals surface area (Å²) in [4.78, 5) is 13.8. The zero-order valence-corrected chi connectivity index (χ0v) is 14.1. The van der Waals surface area contributed by atoms with Crippen LogP contribution in [-0.4, -0.2) is 37.5 Å². The molecule has 5 heteroatoms. The third kappa shape index (κ3) is 4.58. The molecule has 1 rings (SSSR count). The van der Waals surface area contributed by atoms with Crippen LogP contribution in [0.25, 0.3) is 0 Å². The van der Waals surface area contributed by atoms with Crippen LogP contribution < -0.4 is 11.1 Å². The number of rotatable bonds is 6. The summed E-state index contributed by atoms with van der Waals surface area (Å²) < 4.78 is 1.05. The topological polar surface area (TPSA) is 58.4 Å². The van der Waals surface area contributed by atoms with E-state index in [1.165, 1.54) is 0 Å². The Balaban J connectivity index is 2.85. The van der Waals surface area contributed by atoms with Gasteiger partial charge in [0.25, 0.3) is 0 Å². The monoisotopic (exact) mass is 341 g/mol. The first-order valence-corrected chi connectivity index (χ1v) is 7.59. The van der Waals surface area contributed by atoms with Gasteiger partial charge in [-0.25, -0.2) is 0 Å². The predicted octanol–water partition coefficient (Wildman–Crippen LogP) is 2.15. The molecule has 0 radical (unpaired) electrons. The zero-order chi connectivity index (χ0) is 15.3. The number of nitrogens with zero attached hydrogens (tertiary/aromatic N) is 1. The Morgan fingerprint density at radius 2 is 1.90 bits per heavy atom. The molecule has 0 aliphatic rings. The second-order valence-electron chi connectivity index (χ2n) is 5.31. The first-order valence-electron chi connectivity index (χ1n) is 6.79. The van der Waals surface area contributed by atoms with Crippen molar-refractivity contribution in [1.29, 1.82) is 0 Å². The Labute approximate surface area is 129 Å². The average Bonchev–Trinajstić information content (AvgIpc) is 2.39. The number of benzene rings is 1. The maximum atomic E-state index is 11.6. The third-order valence-electron chi connectivity index (χ3n) is 3.44. The Morgan fingerprint density at radius 1 is 1.35 bits per heavy atom. The lowest BCUT2D eigenvalue weighted by molar-refractivity contribution is -0.124. The molecule has 1 aromatic rings. The van der Waals surface area contributed by atoms with Crippen LogP contribution in [0, 0.1) is 5.92 Å². The Bertz CT molecular complexity index is 433. The third-order valence-corrected chi connectivity index (χ3v) is 3.97. The summed E-state index contributed by atoms with van der Waals surface area (Å²) >= 11 is 3.44. The van der Waals surface area contributed by atoms with Crippen molar-refractivity contribution in [3.05, 3.63) is 34.3 Å². The number of likely N-dealkylation sites (N-methyl/N-ethyl adjacent to an activating group) is 1. The first kappa shape index (κ1) is 17.1. The molecule has 0 bridgehead atoms. The van der Waals surface area contributed by atoms with Gasteiger partial charge in [-0.1, -0.05) is 35.0 Å². The van der Waals surface area contributed by atoms with Gasteiger partial charge >= 0.3 is 0 Å². The smallest absolute Gasteiger partial charge is 0.223 e. The van der Waals surface area contributed by atoms with Crippen molar-refractivity contribution >= 4 is 21.8 Å². The maximum absolute atomic E-state index is 11.6. The minimum Gasteiger partial charge on any atom is -0.359 e. The van der Waals surface area contributed by atoms with Crippen LogP contribution in [-0.2, 0) is 4.79 Å². The van der Waals surface area contributed by atoms with Gasteiger partial charge in [0.2, 0.25) is 5.91 Å². The molecule has 0 aliphatic heterocycles. The highest BCUT2D eigenvalue weighted by atomic mass is 79.9. The largest absolute Gasteiger partial charge is 0.359 e. The standard InChI is InChI=1S/C15H24BrN3O/c1-10(15(20)18-3)9-19(4)14(11(2)17)12-5-7-13(16)8-6-12/h5-8,10-11,14H,9,17H2,1-4H3,(H,18,20). The SMILES string of the molecule is CNC(=O)C(C)CN(C)C(c1ccc(Br)cc1)C(C)N. The molecule has 112 valence electrons. The van der Waals surface area contributed by atoms with E-state index in [1.54, 1.807) is 7.05 Å². The van der Waals surface area contributed by atoms with Crippen molar-refractivity contribution in [2.45, 2.75) is 25.9 Å². The van der Waals surface area contributed by atoms with E-state index in [2.05, 4.69) is 38.3 Å². The molecule has 0 heterocycles. The van der Waals surface area contributed by atoms with Crippen molar-refractivity contribution in [2.24, 2.45) is 11.7 Å². The van der Waals surface area contributed by atoms with Gasteiger partial charge in [0.05, 0.1) is 0 Å². The number of halogens is 1. The lowest BCUT2D eigenvalue weighted by Crippen LogP contribution is -2.41. The Hall–Kier alpha value is -0.910. The van der Waals surface area contributed by atoms with Crippen molar-refractivity contribution in [2.75, 3.05) is 20.6 Å². The van der Waals surface area contributed by atoms with Crippen LogP contribution in [0.5, 0.6) is 0 Å². The fourth-order valence-corrected chi connectivity index (χ4v) is 2.76. The molecule has 4 nitrogen and oxygen atoms in total. The fourth-order valence-electron chi connectivity index (χ4n) is 2.49. The van der Waals surface area contributed by atoms with Crippen molar-refractivity contribution in [3.8, 4) is 0 Å². The van der Waals surface area contributed by atoms with E-state index in [0.717, 1.165) is 10.0 Å². The molecule has 0 saturated heterocycles. The van der Waals surface area contributed by atoms with E-state index in [0.29, 0.717) is 6.54 Å². The molecule has 0 aliphatic carbocycles. The summed E-state index contributed by atoms with van der Waals surface area (Å²) in [5, 5.41) is 2.68. The van der Waals surface area contributed by atoms with E-state index in [-0.39, 0.29) is 23.9 Å². The highest BCUT2D eigenvalue weighted by Gasteiger charge is 2.24. The Morgan fingerprint density at radius 3 is 2.35 bits per heavy atom. The number of hydrogen-bond acceptors (Lipinski definition) is 3. The number of carbonyl (C=O) groups excluding carboxylic acids is 1. The van der Waals surface area contributed by atoms with E-state index < -0.39 is 0 Å². The van der Waals surface area contributed by atoms with Gasteiger partial charge in [0, 0.05) is 36.1 Å². The molecule has 0 saturated carbocycles. The van der Waals surface area contributed by atoms with Crippen molar-refractivity contribution in [1.82, 2.24) is 10.2 Å². The van der Waals surface area contributed by atoms with Crippen molar-refractivity contribution < 1.29 is 4.79 Å². The fraction of sp³-hybridized carbons (Fsp3) is 0.533. The zero-order valence-electron chi connectivity index (χ0n) is 12.6. The molecule has 20 heavy (non-hydrogen) atoms. The number of nitrogens with one attached hydrogen (secondary N) is 1. The number of nitrogens with two attached hydrogens (primary N) is 1. The van der Waals surface area contributed by atoms with Gasteiger partial charge in [0.1, 0.15) is 0 Å².